The quantitative estimate of drug-likeness (QED) is 0.622. The van der Waals surface area contributed by atoms with Gasteiger partial charge in [-0.25, -0.2) is 4.79 Å². The van der Waals surface area contributed by atoms with Crippen LogP contribution < -0.4 is 11.5 Å². The Morgan fingerprint density at radius 3 is 2.74 bits per heavy atom. The highest BCUT2D eigenvalue weighted by atomic mass is 35.5. The second kappa shape index (κ2) is 7.32. The first-order valence-corrected chi connectivity index (χ1v) is 7.55. The van der Waals surface area contributed by atoms with E-state index in [4.69, 9.17) is 27.8 Å². The highest BCUT2D eigenvalue weighted by Gasteiger charge is 2.27. The Bertz CT molecular complexity index is 635. The number of ether oxygens (including phenoxy) is 1. The van der Waals surface area contributed by atoms with Crippen LogP contribution in [0.4, 0.5) is 5.69 Å². The summed E-state index contributed by atoms with van der Waals surface area (Å²) in [5.41, 5.74) is 11.4. The number of carbonyl (C=O) groups excluding carboxylic acids is 3. The van der Waals surface area contributed by atoms with Gasteiger partial charge in [-0.15, -0.1) is 0 Å². The van der Waals surface area contributed by atoms with Gasteiger partial charge in [0.05, 0.1) is 22.2 Å². The van der Waals surface area contributed by atoms with Crippen molar-refractivity contribution in [1.29, 1.82) is 0 Å². The predicted octanol–water partition coefficient (Wildman–Crippen LogP) is 0.803. The lowest BCUT2D eigenvalue weighted by Gasteiger charge is -2.31. The van der Waals surface area contributed by atoms with Crippen LogP contribution in [0.5, 0.6) is 0 Å². The highest BCUT2D eigenvalue weighted by Crippen LogP contribution is 2.20. The van der Waals surface area contributed by atoms with E-state index in [-0.39, 0.29) is 29.6 Å². The number of likely N-dealkylation sites (tertiary alicyclic amines) is 1. The monoisotopic (exact) mass is 339 g/mol. The number of carbonyl (C=O) groups is 3. The summed E-state index contributed by atoms with van der Waals surface area (Å²) in [5, 5.41) is 0.337. The Morgan fingerprint density at radius 2 is 2.09 bits per heavy atom. The van der Waals surface area contributed by atoms with Gasteiger partial charge in [-0.1, -0.05) is 11.6 Å². The number of esters is 1. The van der Waals surface area contributed by atoms with Crippen molar-refractivity contribution in [2.75, 3.05) is 25.4 Å². The fourth-order valence-corrected chi connectivity index (χ4v) is 2.53. The number of halogens is 1. The van der Waals surface area contributed by atoms with Gasteiger partial charge < -0.3 is 21.1 Å². The second-order valence-electron chi connectivity index (χ2n) is 5.39. The molecular formula is C15H18ClN3O4. The molecule has 1 fully saturated rings. The minimum Gasteiger partial charge on any atom is -0.452 e. The number of piperidine rings is 1. The first kappa shape index (κ1) is 17.1. The molecule has 1 aliphatic rings. The van der Waals surface area contributed by atoms with Crippen molar-refractivity contribution in [1.82, 2.24) is 4.90 Å². The van der Waals surface area contributed by atoms with Crippen molar-refractivity contribution in [2.24, 2.45) is 11.7 Å². The molecule has 1 aromatic carbocycles. The lowest BCUT2D eigenvalue weighted by Crippen LogP contribution is -2.45. The zero-order valence-corrected chi connectivity index (χ0v) is 13.2. The first-order chi connectivity index (χ1) is 10.9. The van der Waals surface area contributed by atoms with E-state index in [9.17, 15) is 14.4 Å². The fourth-order valence-electron chi connectivity index (χ4n) is 2.41. The number of nitrogens with zero attached hydrogens (tertiary/aromatic N) is 1. The molecule has 0 saturated carbocycles. The Balaban J connectivity index is 1.89. The van der Waals surface area contributed by atoms with E-state index in [1.165, 1.54) is 23.1 Å². The number of anilines is 1. The Labute approximate surface area is 138 Å². The van der Waals surface area contributed by atoms with E-state index < -0.39 is 18.5 Å². The Kier molecular flexibility index (Phi) is 5.44. The number of nitrogens with two attached hydrogens (primary N) is 2. The van der Waals surface area contributed by atoms with Gasteiger partial charge in [0.2, 0.25) is 5.91 Å². The molecule has 1 aliphatic heterocycles. The molecule has 2 rings (SSSR count). The van der Waals surface area contributed by atoms with Crippen LogP contribution in [0.2, 0.25) is 5.02 Å². The van der Waals surface area contributed by atoms with Gasteiger partial charge in [0.15, 0.2) is 6.61 Å². The molecule has 1 atom stereocenters. The summed E-state index contributed by atoms with van der Waals surface area (Å²) < 4.78 is 4.99. The zero-order valence-electron chi connectivity index (χ0n) is 12.5. The molecule has 8 heteroatoms. The number of nitrogen functional groups attached to an aromatic ring is 1. The van der Waals surface area contributed by atoms with E-state index >= 15 is 0 Å². The lowest BCUT2D eigenvalue weighted by atomic mass is 9.97. The minimum absolute atomic E-state index is 0.216. The maximum atomic E-state index is 12.1. The number of hydrogen-bond acceptors (Lipinski definition) is 5. The molecule has 0 spiro atoms. The Hall–Kier alpha value is -2.28. The molecule has 7 nitrogen and oxygen atoms in total. The molecule has 0 bridgehead atoms. The second-order valence-corrected chi connectivity index (χ2v) is 5.80. The molecule has 0 aromatic heterocycles. The summed E-state index contributed by atoms with van der Waals surface area (Å²) in [6.45, 7) is 0.389. The zero-order chi connectivity index (χ0) is 17.0. The largest absolute Gasteiger partial charge is 0.452 e. The standard InChI is InChI=1S/C15H18ClN3O4/c16-11-4-3-9(6-12(11)17)15(22)23-8-13(20)19-5-1-2-10(7-19)14(18)21/h3-4,6,10H,1-2,5,7-8,17H2,(H2,18,21)/t10-/m0/s1. The van der Waals surface area contributed by atoms with Gasteiger partial charge in [-0.3, -0.25) is 9.59 Å². The minimum atomic E-state index is -0.662. The fraction of sp³-hybridized carbons (Fsp3) is 0.400. The highest BCUT2D eigenvalue weighted by molar-refractivity contribution is 6.33. The van der Waals surface area contributed by atoms with Crippen molar-refractivity contribution < 1.29 is 19.1 Å². The van der Waals surface area contributed by atoms with E-state index in [1.807, 2.05) is 0 Å². The maximum Gasteiger partial charge on any atom is 0.338 e. The average Bonchev–Trinajstić information content (AvgIpc) is 2.54. The Morgan fingerprint density at radius 1 is 1.35 bits per heavy atom. The summed E-state index contributed by atoms with van der Waals surface area (Å²) in [7, 11) is 0. The summed E-state index contributed by atoms with van der Waals surface area (Å²) in [6.07, 6.45) is 1.37. The van der Waals surface area contributed by atoms with Gasteiger partial charge in [0.25, 0.3) is 5.91 Å². The van der Waals surface area contributed by atoms with E-state index in [0.717, 1.165) is 0 Å². The molecule has 0 aliphatic carbocycles. The number of rotatable bonds is 4. The van der Waals surface area contributed by atoms with Gasteiger partial charge in [-0.05, 0) is 31.0 Å². The molecular weight excluding hydrogens is 322 g/mol. The van der Waals surface area contributed by atoms with Crippen LogP contribution in [0.25, 0.3) is 0 Å². The molecule has 1 aromatic rings. The number of primary amides is 1. The van der Waals surface area contributed by atoms with Crippen LogP contribution >= 0.6 is 11.6 Å². The van der Waals surface area contributed by atoms with Crippen molar-refractivity contribution in [3.63, 3.8) is 0 Å². The van der Waals surface area contributed by atoms with E-state index in [1.54, 1.807) is 0 Å². The van der Waals surface area contributed by atoms with Crippen molar-refractivity contribution in [2.45, 2.75) is 12.8 Å². The van der Waals surface area contributed by atoms with Crippen LogP contribution in [-0.2, 0) is 14.3 Å². The van der Waals surface area contributed by atoms with Crippen LogP contribution in [0.3, 0.4) is 0 Å². The number of amides is 2. The van der Waals surface area contributed by atoms with Gasteiger partial charge in [0.1, 0.15) is 0 Å². The van der Waals surface area contributed by atoms with Crippen LogP contribution in [0.1, 0.15) is 23.2 Å². The van der Waals surface area contributed by atoms with Crippen LogP contribution in [0, 0.1) is 5.92 Å². The summed E-state index contributed by atoms with van der Waals surface area (Å²) >= 11 is 5.78. The molecule has 1 saturated heterocycles. The smallest absolute Gasteiger partial charge is 0.338 e. The third kappa shape index (κ3) is 4.35. The van der Waals surface area contributed by atoms with Crippen LogP contribution in [-0.4, -0.2) is 42.4 Å². The molecule has 124 valence electrons. The predicted molar refractivity (Wildman–Crippen MR) is 84.6 cm³/mol. The SMILES string of the molecule is NC(=O)[C@H]1CCCN(C(=O)COC(=O)c2ccc(Cl)c(N)c2)C1. The lowest BCUT2D eigenvalue weighted by molar-refractivity contribution is -0.137. The van der Waals surface area contributed by atoms with Gasteiger partial charge in [0, 0.05) is 13.1 Å². The average molecular weight is 340 g/mol. The number of hydrogen-bond donors (Lipinski definition) is 2. The topological polar surface area (TPSA) is 116 Å². The first-order valence-electron chi connectivity index (χ1n) is 7.17. The molecule has 2 amide bonds. The normalized spacial score (nSPS) is 17.6. The van der Waals surface area contributed by atoms with Gasteiger partial charge >= 0.3 is 5.97 Å². The maximum absolute atomic E-state index is 12.1. The molecule has 0 radical (unpaired) electrons. The molecule has 0 unspecified atom stereocenters. The summed E-state index contributed by atoms with van der Waals surface area (Å²) in [5.74, 6) is -1.79. The van der Waals surface area contributed by atoms with Crippen molar-refractivity contribution in [3.05, 3.63) is 28.8 Å². The third-order valence-corrected chi connectivity index (χ3v) is 4.08. The molecule has 4 N–H and O–H groups in total. The number of benzene rings is 1. The van der Waals surface area contributed by atoms with E-state index in [0.29, 0.717) is 24.4 Å². The van der Waals surface area contributed by atoms with Crippen LogP contribution in [0.15, 0.2) is 18.2 Å². The van der Waals surface area contributed by atoms with Crippen molar-refractivity contribution in [3.8, 4) is 0 Å². The third-order valence-electron chi connectivity index (χ3n) is 3.73. The molecule has 1 heterocycles. The van der Waals surface area contributed by atoms with Gasteiger partial charge in [-0.2, -0.15) is 0 Å². The van der Waals surface area contributed by atoms with Crippen molar-refractivity contribution >= 4 is 35.1 Å². The molecule has 23 heavy (non-hydrogen) atoms. The van der Waals surface area contributed by atoms with E-state index in [2.05, 4.69) is 0 Å². The summed E-state index contributed by atoms with van der Waals surface area (Å²) in [4.78, 5) is 36.7. The summed E-state index contributed by atoms with van der Waals surface area (Å²) in [6, 6.07) is 4.34.